The van der Waals surface area contributed by atoms with E-state index >= 15 is 0 Å². The van der Waals surface area contributed by atoms with Crippen LogP contribution in [0.25, 0.3) is 0 Å². The predicted octanol–water partition coefficient (Wildman–Crippen LogP) is 3.00. The number of amides is 2. The van der Waals surface area contributed by atoms with Gasteiger partial charge in [-0.25, -0.2) is 9.78 Å². The van der Waals surface area contributed by atoms with E-state index in [4.69, 9.17) is 4.74 Å². The van der Waals surface area contributed by atoms with Crippen molar-refractivity contribution in [2.75, 3.05) is 17.2 Å². The first-order valence-corrected chi connectivity index (χ1v) is 7.47. The van der Waals surface area contributed by atoms with Gasteiger partial charge in [0.1, 0.15) is 12.4 Å². The molecule has 0 aliphatic carbocycles. The Morgan fingerprint density at radius 1 is 1.04 bits per heavy atom. The SMILES string of the molecule is O=C(Nc1ccncc1)Nc1ccccc1OCCn1ccnc1. The van der Waals surface area contributed by atoms with E-state index in [0.29, 0.717) is 30.3 Å². The highest BCUT2D eigenvalue weighted by Crippen LogP contribution is 2.24. The first-order chi connectivity index (χ1) is 11.8. The van der Waals surface area contributed by atoms with Crippen LogP contribution in [0.5, 0.6) is 5.75 Å². The number of anilines is 2. The van der Waals surface area contributed by atoms with Crippen LogP contribution in [0, 0.1) is 0 Å². The van der Waals surface area contributed by atoms with Crippen molar-refractivity contribution >= 4 is 17.4 Å². The number of hydrogen-bond donors (Lipinski definition) is 2. The van der Waals surface area contributed by atoms with Crippen LogP contribution in [-0.4, -0.2) is 27.2 Å². The van der Waals surface area contributed by atoms with Crippen LogP contribution in [-0.2, 0) is 6.54 Å². The molecule has 0 fully saturated rings. The fraction of sp³-hybridized carbons (Fsp3) is 0.118. The van der Waals surface area contributed by atoms with Crippen molar-refractivity contribution in [3.8, 4) is 5.75 Å². The number of nitrogens with one attached hydrogen (secondary N) is 2. The zero-order valence-corrected chi connectivity index (χ0v) is 12.9. The van der Waals surface area contributed by atoms with Gasteiger partial charge >= 0.3 is 6.03 Å². The second-order valence-electron chi connectivity index (χ2n) is 4.96. The minimum atomic E-state index is -0.341. The Hall–Kier alpha value is -3.35. The molecule has 1 aromatic carbocycles. The number of ether oxygens (including phenoxy) is 1. The van der Waals surface area contributed by atoms with Gasteiger partial charge in [0.25, 0.3) is 0 Å². The Labute approximate surface area is 139 Å². The van der Waals surface area contributed by atoms with Gasteiger partial charge in [-0.2, -0.15) is 0 Å². The molecular formula is C17H17N5O2. The lowest BCUT2D eigenvalue weighted by molar-refractivity contribution is 0.261. The van der Waals surface area contributed by atoms with Crippen LogP contribution >= 0.6 is 0 Å². The molecule has 0 aliphatic rings. The van der Waals surface area contributed by atoms with Gasteiger partial charge < -0.3 is 19.9 Å². The smallest absolute Gasteiger partial charge is 0.323 e. The zero-order valence-electron chi connectivity index (χ0n) is 12.9. The summed E-state index contributed by atoms with van der Waals surface area (Å²) in [4.78, 5) is 20.0. The maximum atomic E-state index is 12.1. The van der Waals surface area contributed by atoms with Crippen LogP contribution in [0.2, 0.25) is 0 Å². The number of benzene rings is 1. The number of rotatable bonds is 6. The molecule has 3 rings (SSSR count). The van der Waals surface area contributed by atoms with Crippen molar-refractivity contribution in [3.05, 3.63) is 67.5 Å². The average Bonchev–Trinajstić information content (AvgIpc) is 3.11. The number of imidazole rings is 1. The Morgan fingerprint density at radius 3 is 2.67 bits per heavy atom. The lowest BCUT2D eigenvalue weighted by Crippen LogP contribution is -2.20. The maximum absolute atomic E-state index is 12.1. The van der Waals surface area contributed by atoms with Gasteiger partial charge in [0.2, 0.25) is 0 Å². The van der Waals surface area contributed by atoms with E-state index < -0.39 is 0 Å². The summed E-state index contributed by atoms with van der Waals surface area (Å²) in [7, 11) is 0. The van der Waals surface area contributed by atoms with E-state index in [1.807, 2.05) is 29.0 Å². The summed E-state index contributed by atoms with van der Waals surface area (Å²) in [6, 6.07) is 10.4. The van der Waals surface area contributed by atoms with Gasteiger partial charge in [0.15, 0.2) is 0 Å². The van der Waals surface area contributed by atoms with Crippen molar-refractivity contribution in [2.24, 2.45) is 0 Å². The van der Waals surface area contributed by atoms with E-state index in [1.165, 1.54) is 0 Å². The summed E-state index contributed by atoms with van der Waals surface area (Å²) in [5.41, 5.74) is 1.27. The van der Waals surface area contributed by atoms with Crippen LogP contribution < -0.4 is 15.4 Å². The third-order valence-electron chi connectivity index (χ3n) is 3.24. The minimum Gasteiger partial charge on any atom is -0.490 e. The number of para-hydroxylation sites is 2. The Balaban J connectivity index is 1.58. The van der Waals surface area contributed by atoms with E-state index in [9.17, 15) is 4.79 Å². The normalized spacial score (nSPS) is 10.2. The molecule has 0 radical (unpaired) electrons. The van der Waals surface area contributed by atoms with E-state index in [-0.39, 0.29) is 6.03 Å². The molecule has 0 saturated heterocycles. The molecule has 3 aromatic rings. The number of pyridine rings is 1. The minimum absolute atomic E-state index is 0.341. The van der Waals surface area contributed by atoms with E-state index in [1.54, 1.807) is 43.1 Å². The van der Waals surface area contributed by atoms with Gasteiger partial charge in [-0.05, 0) is 24.3 Å². The van der Waals surface area contributed by atoms with Gasteiger partial charge in [0.05, 0.1) is 18.6 Å². The van der Waals surface area contributed by atoms with Crippen LogP contribution in [0.1, 0.15) is 0 Å². The summed E-state index contributed by atoms with van der Waals surface area (Å²) in [6.45, 7) is 1.15. The van der Waals surface area contributed by atoms with Gasteiger partial charge in [-0.15, -0.1) is 0 Å². The van der Waals surface area contributed by atoms with E-state index in [2.05, 4.69) is 20.6 Å². The summed E-state index contributed by atoms with van der Waals surface area (Å²) in [6.07, 6.45) is 8.55. The topological polar surface area (TPSA) is 81.1 Å². The quantitative estimate of drug-likeness (QED) is 0.730. The molecule has 2 amide bonds. The molecule has 7 nitrogen and oxygen atoms in total. The monoisotopic (exact) mass is 323 g/mol. The third-order valence-corrected chi connectivity index (χ3v) is 3.24. The van der Waals surface area contributed by atoms with Crippen LogP contribution in [0.15, 0.2) is 67.5 Å². The molecule has 122 valence electrons. The van der Waals surface area contributed by atoms with Crippen molar-refractivity contribution < 1.29 is 9.53 Å². The van der Waals surface area contributed by atoms with Gasteiger partial charge in [-0.1, -0.05) is 12.1 Å². The van der Waals surface area contributed by atoms with E-state index in [0.717, 1.165) is 0 Å². The highest BCUT2D eigenvalue weighted by atomic mass is 16.5. The standard InChI is InChI=1S/C17H17N5O2/c23-17(20-14-5-7-18-8-6-14)21-15-3-1-2-4-16(15)24-12-11-22-10-9-19-13-22/h1-10,13H,11-12H2,(H2,18,20,21,23). The molecule has 24 heavy (non-hydrogen) atoms. The largest absolute Gasteiger partial charge is 0.490 e. The Morgan fingerprint density at radius 2 is 1.88 bits per heavy atom. The zero-order chi connectivity index (χ0) is 16.6. The maximum Gasteiger partial charge on any atom is 0.323 e. The molecule has 2 N–H and O–H groups in total. The van der Waals surface area contributed by atoms with Crippen molar-refractivity contribution in [1.29, 1.82) is 0 Å². The Bertz CT molecular complexity index is 775. The van der Waals surface area contributed by atoms with Gasteiger partial charge in [0, 0.05) is 30.5 Å². The first-order valence-electron chi connectivity index (χ1n) is 7.47. The van der Waals surface area contributed by atoms with Crippen molar-refractivity contribution in [1.82, 2.24) is 14.5 Å². The summed E-state index contributed by atoms with van der Waals surface area (Å²) < 4.78 is 7.68. The fourth-order valence-electron chi connectivity index (χ4n) is 2.10. The second-order valence-corrected chi connectivity index (χ2v) is 4.96. The number of hydrogen-bond acceptors (Lipinski definition) is 4. The Kier molecular flexibility index (Phi) is 5.03. The van der Waals surface area contributed by atoms with Crippen molar-refractivity contribution in [2.45, 2.75) is 6.54 Å². The number of aromatic nitrogens is 3. The average molecular weight is 323 g/mol. The second kappa shape index (κ2) is 7.77. The number of carbonyl (C=O) groups excluding carboxylic acids is 1. The first kappa shape index (κ1) is 15.5. The number of urea groups is 1. The molecule has 0 atom stereocenters. The van der Waals surface area contributed by atoms with Crippen LogP contribution in [0.3, 0.4) is 0 Å². The lowest BCUT2D eigenvalue weighted by atomic mass is 10.3. The van der Waals surface area contributed by atoms with Crippen LogP contribution in [0.4, 0.5) is 16.2 Å². The molecular weight excluding hydrogens is 306 g/mol. The number of carbonyl (C=O) groups is 1. The highest BCUT2D eigenvalue weighted by Gasteiger charge is 2.07. The molecule has 2 aromatic heterocycles. The molecule has 0 spiro atoms. The fourth-order valence-corrected chi connectivity index (χ4v) is 2.10. The summed E-state index contributed by atoms with van der Waals surface area (Å²) in [5.74, 6) is 0.613. The summed E-state index contributed by atoms with van der Waals surface area (Å²) >= 11 is 0. The highest BCUT2D eigenvalue weighted by molar-refractivity contribution is 6.00. The lowest BCUT2D eigenvalue weighted by Gasteiger charge is -2.13. The molecule has 7 heteroatoms. The molecule has 0 saturated carbocycles. The predicted molar refractivity (Wildman–Crippen MR) is 91.0 cm³/mol. The molecule has 0 bridgehead atoms. The molecule has 0 unspecified atom stereocenters. The number of nitrogens with zero attached hydrogens (tertiary/aromatic N) is 3. The van der Waals surface area contributed by atoms with Crippen molar-refractivity contribution in [3.63, 3.8) is 0 Å². The summed E-state index contributed by atoms with van der Waals surface area (Å²) in [5, 5.41) is 5.53. The molecule has 0 aliphatic heterocycles. The molecule has 2 heterocycles. The van der Waals surface area contributed by atoms with Gasteiger partial charge in [-0.3, -0.25) is 4.98 Å². The third kappa shape index (κ3) is 4.33.